The van der Waals surface area contributed by atoms with Crippen LogP contribution in [0.15, 0.2) is 0 Å². The van der Waals surface area contributed by atoms with Gasteiger partial charge in [-0.2, -0.15) is 0 Å². The summed E-state index contributed by atoms with van der Waals surface area (Å²) in [4.78, 5) is 27.3. The average molecular weight is 322 g/mol. The van der Waals surface area contributed by atoms with Crippen LogP contribution in [0.4, 0.5) is 0 Å². The molecule has 1 aliphatic carbocycles. The van der Waals surface area contributed by atoms with Gasteiger partial charge in [0.05, 0.1) is 6.10 Å². The fourth-order valence-electron chi connectivity index (χ4n) is 3.26. The number of hydrogen-bond donors (Lipinski definition) is 3. The van der Waals surface area contributed by atoms with Crippen LogP contribution in [-0.2, 0) is 9.53 Å². The van der Waals surface area contributed by atoms with Crippen LogP contribution in [0.25, 0.3) is 0 Å². The second-order valence-corrected chi connectivity index (χ2v) is 6.38. The number of aliphatic hydroxyl groups is 1. The number of aromatic nitrogens is 1. The molecule has 0 radical (unpaired) electrons. The third-order valence-electron chi connectivity index (χ3n) is 4.47. The van der Waals surface area contributed by atoms with Gasteiger partial charge in [-0.3, -0.25) is 4.79 Å². The molecule has 1 saturated carbocycles. The van der Waals surface area contributed by atoms with Crippen molar-refractivity contribution in [2.75, 3.05) is 0 Å². The van der Waals surface area contributed by atoms with Crippen LogP contribution in [0.5, 0.6) is 0 Å². The fourth-order valence-corrected chi connectivity index (χ4v) is 3.26. The van der Waals surface area contributed by atoms with Crippen molar-refractivity contribution < 1.29 is 19.4 Å². The monoisotopic (exact) mass is 322 g/mol. The van der Waals surface area contributed by atoms with E-state index in [9.17, 15) is 14.7 Å². The molecular formula is C17H26N2O4. The molecule has 2 rings (SSSR count). The predicted molar refractivity (Wildman–Crippen MR) is 86.2 cm³/mol. The first-order valence-electron chi connectivity index (χ1n) is 8.19. The summed E-state index contributed by atoms with van der Waals surface area (Å²) >= 11 is 0. The van der Waals surface area contributed by atoms with Crippen molar-refractivity contribution in [3.63, 3.8) is 0 Å². The molecule has 1 heterocycles. The van der Waals surface area contributed by atoms with E-state index in [1.807, 2.05) is 0 Å². The van der Waals surface area contributed by atoms with E-state index >= 15 is 0 Å². The van der Waals surface area contributed by atoms with E-state index in [0.29, 0.717) is 16.8 Å². The molecule has 0 aromatic carbocycles. The average Bonchev–Trinajstić information content (AvgIpc) is 3.06. The number of hydrogen-bond acceptors (Lipinski definition) is 4. The van der Waals surface area contributed by atoms with Gasteiger partial charge in [0.25, 0.3) is 5.91 Å². The topological polar surface area (TPSA) is 91.4 Å². The van der Waals surface area contributed by atoms with Gasteiger partial charge in [-0.25, -0.2) is 4.79 Å². The minimum Gasteiger partial charge on any atom is -0.448 e. The molecule has 1 aromatic rings. The van der Waals surface area contributed by atoms with Gasteiger partial charge >= 0.3 is 5.97 Å². The number of carbonyl (C=O) groups is 2. The van der Waals surface area contributed by atoms with Crippen molar-refractivity contribution in [2.45, 2.75) is 71.6 Å². The van der Waals surface area contributed by atoms with Gasteiger partial charge in [-0.05, 0) is 46.1 Å². The highest BCUT2D eigenvalue weighted by atomic mass is 16.5. The Morgan fingerprint density at radius 3 is 2.39 bits per heavy atom. The maximum absolute atomic E-state index is 12.3. The zero-order valence-electron chi connectivity index (χ0n) is 14.2. The van der Waals surface area contributed by atoms with Gasteiger partial charge in [-0.15, -0.1) is 0 Å². The van der Waals surface area contributed by atoms with Gasteiger partial charge in [0.2, 0.25) is 0 Å². The Hall–Kier alpha value is -1.82. The highest BCUT2D eigenvalue weighted by molar-refractivity contribution is 5.92. The Kier molecular flexibility index (Phi) is 5.46. The smallest absolute Gasteiger partial charge is 0.355 e. The lowest BCUT2D eigenvalue weighted by Crippen LogP contribution is -2.40. The molecule has 0 spiro atoms. The maximum Gasteiger partial charge on any atom is 0.355 e. The van der Waals surface area contributed by atoms with Crippen molar-refractivity contribution in [3.05, 3.63) is 22.5 Å². The number of H-pyrrole nitrogens is 1. The van der Waals surface area contributed by atoms with Crippen LogP contribution in [0, 0.1) is 13.8 Å². The second-order valence-electron chi connectivity index (χ2n) is 6.38. The largest absolute Gasteiger partial charge is 0.448 e. The summed E-state index contributed by atoms with van der Waals surface area (Å²) in [5.41, 5.74) is 2.37. The zero-order valence-corrected chi connectivity index (χ0v) is 14.2. The number of amides is 1. The highest BCUT2D eigenvalue weighted by Crippen LogP contribution is 2.25. The van der Waals surface area contributed by atoms with E-state index in [0.717, 1.165) is 31.4 Å². The number of ether oxygens (including phenoxy) is 1. The van der Waals surface area contributed by atoms with E-state index in [2.05, 4.69) is 10.3 Å². The molecule has 23 heavy (non-hydrogen) atoms. The molecule has 0 aliphatic heterocycles. The van der Waals surface area contributed by atoms with Crippen LogP contribution in [0.2, 0.25) is 0 Å². The number of rotatable bonds is 5. The van der Waals surface area contributed by atoms with Crippen molar-refractivity contribution >= 4 is 11.9 Å². The Balaban J connectivity index is 2.00. The number of esters is 1. The van der Waals surface area contributed by atoms with Crippen LogP contribution >= 0.6 is 0 Å². The zero-order chi connectivity index (χ0) is 17.1. The fraction of sp³-hybridized carbons (Fsp3) is 0.647. The molecule has 1 fully saturated rings. The molecular weight excluding hydrogens is 296 g/mol. The van der Waals surface area contributed by atoms with E-state index in [1.165, 1.54) is 0 Å². The lowest BCUT2D eigenvalue weighted by molar-refractivity contribution is -0.129. The van der Waals surface area contributed by atoms with Gasteiger partial charge < -0.3 is 20.1 Å². The molecule has 3 N–H and O–H groups in total. The second kappa shape index (κ2) is 7.17. The Labute approximate surface area is 136 Å². The van der Waals surface area contributed by atoms with Gasteiger partial charge in [0.1, 0.15) is 5.69 Å². The van der Waals surface area contributed by atoms with Crippen molar-refractivity contribution in [2.24, 2.45) is 0 Å². The summed E-state index contributed by atoms with van der Waals surface area (Å²) in [6.07, 6.45) is 2.71. The summed E-state index contributed by atoms with van der Waals surface area (Å²) in [6, 6.07) is 0.194. The van der Waals surface area contributed by atoms with Crippen molar-refractivity contribution in [1.82, 2.24) is 10.3 Å². The quantitative estimate of drug-likeness (QED) is 0.725. The highest BCUT2D eigenvalue weighted by Gasteiger charge is 2.26. The van der Waals surface area contributed by atoms with Gasteiger partial charge in [-0.1, -0.05) is 12.8 Å². The molecule has 0 saturated heterocycles. The Bertz CT molecular complexity index is 586. The van der Waals surface area contributed by atoms with Gasteiger partial charge in [0.15, 0.2) is 6.10 Å². The first kappa shape index (κ1) is 17.5. The Morgan fingerprint density at radius 2 is 1.87 bits per heavy atom. The van der Waals surface area contributed by atoms with E-state index in [-0.39, 0.29) is 11.9 Å². The normalized spacial score (nSPS) is 17.8. The lowest BCUT2D eigenvalue weighted by Gasteiger charge is -2.17. The molecule has 1 amide bonds. The van der Waals surface area contributed by atoms with Crippen molar-refractivity contribution in [3.8, 4) is 0 Å². The first-order valence-corrected chi connectivity index (χ1v) is 8.19. The minimum atomic E-state index is -0.846. The number of aromatic amines is 1. The number of aryl methyl sites for hydroxylation is 1. The molecule has 6 heteroatoms. The third kappa shape index (κ3) is 3.93. The van der Waals surface area contributed by atoms with E-state index < -0.39 is 18.2 Å². The Morgan fingerprint density at radius 1 is 1.26 bits per heavy atom. The first-order chi connectivity index (χ1) is 10.8. The van der Waals surface area contributed by atoms with E-state index in [1.54, 1.807) is 27.7 Å². The minimum absolute atomic E-state index is 0.194. The van der Waals surface area contributed by atoms with Crippen LogP contribution in [-0.4, -0.2) is 34.1 Å². The van der Waals surface area contributed by atoms with Gasteiger partial charge in [0, 0.05) is 17.3 Å². The molecule has 6 nitrogen and oxygen atoms in total. The third-order valence-corrected chi connectivity index (χ3v) is 4.47. The van der Waals surface area contributed by atoms with Crippen LogP contribution in [0.1, 0.15) is 72.9 Å². The summed E-state index contributed by atoms with van der Waals surface area (Å²) in [5, 5.41) is 12.7. The van der Waals surface area contributed by atoms with Crippen LogP contribution in [0.3, 0.4) is 0 Å². The maximum atomic E-state index is 12.3. The molecule has 1 aliphatic rings. The molecule has 0 unspecified atom stereocenters. The number of nitrogens with one attached hydrogen (secondary N) is 2. The standard InChI is InChI=1S/C17H26N2O4/c1-9-14(11(3)20)10(2)18-15(9)17(22)23-12(4)16(21)19-13-7-5-6-8-13/h11-13,18,20H,5-8H2,1-4H3,(H,19,21)/t11-,12-/m0/s1. The summed E-state index contributed by atoms with van der Waals surface area (Å²) in [5.74, 6) is -0.839. The SMILES string of the molecule is Cc1[nH]c(C(=O)O[C@@H](C)C(=O)NC2CCCC2)c(C)c1[C@H](C)O. The summed E-state index contributed by atoms with van der Waals surface area (Å²) < 4.78 is 5.27. The number of carbonyl (C=O) groups excluding carboxylic acids is 2. The summed E-state index contributed by atoms with van der Waals surface area (Å²) in [6.45, 7) is 6.77. The molecule has 0 bridgehead atoms. The van der Waals surface area contributed by atoms with E-state index in [4.69, 9.17) is 4.74 Å². The number of aliphatic hydroxyl groups excluding tert-OH is 1. The molecule has 2 atom stereocenters. The molecule has 1 aromatic heterocycles. The van der Waals surface area contributed by atoms with Crippen LogP contribution < -0.4 is 5.32 Å². The lowest BCUT2D eigenvalue weighted by atomic mass is 10.1. The summed E-state index contributed by atoms with van der Waals surface area (Å²) in [7, 11) is 0. The van der Waals surface area contributed by atoms with Crippen molar-refractivity contribution in [1.29, 1.82) is 0 Å². The molecule has 128 valence electrons. The predicted octanol–water partition coefficient (Wildman–Crippen LogP) is 2.29.